The molecule has 0 saturated carbocycles. The van der Waals surface area contributed by atoms with Crippen LogP contribution >= 0.6 is 0 Å². The second kappa shape index (κ2) is 3.55. The van der Waals surface area contributed by atoms with E-state index >= 15 is 0 Å². The van der Waals surface area contributed by atoms with Gasteiger partial charge in [-0.15, -0.1) is 0 Å². The van der Waals surface area contributed by atoms with Crippen molar-refractivity contribution in [2.75, 3.05) is 19.8 Å². The third-order valence-electron chi connectivity index (χ3n) is 1.81. The minimum Gasteiger partial charge on any atom is -0.381 e. The highest BCUT2D eigenvalue weighted by Crippen LogP contribution is 2.25. The molecule has 1 aliphatic rings. The van der Waals surface area contributed by atoms with E-state index in [1.807, 2.05) is 0 Å². The average molecular weight is 159 g/mol. The van der Waals surface area contributed by atoms with Crippen molar-refractivity contribution >= 4 is 0 Å². The summed E-state index contributed by atoms with van der Waals surface area (Å²) in [5.41, 5.74) is 6.66. The highest BCUT2D eigenvalue weighted by molar-refractivity contribution is 4.83. The maximum absolute atomic E-state index is 13.4. The van der Waals surface area contributed by atoms with Crippen LogP contribution < -0.4 is 0 Å². The van der Waals surface area contributed by atoms with Crippen LogP contribution in [-0.2, 0) is 4.74 Å². The predicted octanol–water partition coefficient (Wildman–Crippen LogP) is 1.82. The van der Waals surface area contributed by atoms with E-state index in [9.17, 15) is 4.39 Å². The molecule has 0 amide bonds. The second-order valence-electron chi connectivity index (χ2n) is 2.65. The molecule has 5 heteroatoms. The van der Waals surface area contributed by atoms with Crippen LogP contribution in [0.3, 0.4) is 0 Å². The van der Waals surface area contributed by atoms with E-state index in [-0.39, 0.29) is 6.54 Å². The number of rotatable bonds is 2. The van der Waals surface area contributed by atoms with Crippen LogP contribution in [0.1, 0.15) is 12.8 Å². The molecule has 11 heavy (non-hydrogen) atoms. The van der Waals surface area contributed by atoms with Crippen LogP contribution in [-0.4, -0.2) is 25.4 Å². The van der Waals surface area contributed by atoms with E-state index in [1.165, 1.54) is 0 Å². The second-order valence-corrected chi connectivity index (χ2v) is 2.65. The summed E-state index contributed by atoms with van der Waals surface area (Å²) in [5.74, 6) is 0. The lowest BCUT2D eigenvalue weighted by Crippen LogP contribution is -2.34. The maximum Gasteiger partial charge on any atom is 0.121 e. The molecule has 4 nitrogen and oxygen atoms in total. The molecule has 0 aromatic carbocycles. The third-order valence-corrected chi connectivity index (χ3v) is 1.81. The Morgan fingerprint density at radius 2 is 2.18 bits per heavy atom. The molecular formula is C6H10FN3O. The highest BCUT2D eigenvalue weighted by Gasteiger charge is 2.31. The van der Waals surface area contributed by atoms with Crippen molar-refractivity contribution in [3.63, 3.8) is 0 Å². The number of ether oxygens (including phenoxy) is 1. The van der Waals surface area contributed by atoms with Crippen LogP contribution in [0, 0.1) is 0 Å². The molecule has 1 rings (SSSR count). The largest absolute Gasteiger partial charge is 0.381 e. The summed E-state index contributed by atoms with van der Waals surface area (Å²) in [5, 5.41) is 3.22. The smallest absolute Gasteiger partial charge is 0.121 e. The molecule has 0 bridgehead atoms. The van der Waals surface area contributed by atoms with Crippen molar-refractivity contribution in [1.29, 1.82) is 0 Å². The molecule has 0 spiro atoms. The maximum atomic E-state index is 13.4. The fourth-order valence-corrected chi connectivity index (χ4v) is 1.05. The summed E-state index contributed by atoms with van der Waals surface area (Å²) in [6.07, 6.45) is 0.679. The molecule has 1 saturated heterocycles. The molecule has 1 heterocycles. The number of halogens is 1. The predicted molar refractivity (Wildman–Crippen MR) is 37.9 cm³/mol. The van der Waals surface area contributed by atoms with Gasteiger partial charge in [-0.1, -0.05) is 5.11 Å². The normalized spacial score (nSPS) is 22.3. The summed E-state index contributed by atoms with van der Waals surface area (Å²) in [4.78, 5) is 2.52. The van der Waals surface area contributed by atoms with Gasteiger partial charge in [0.05, 0.1) is 6.54 Å². The fraction of sp³-hybridized carbons (Fsp3) is 1.00. The Morgan fingerprint density at radius 3 is 2.73 bits per heavy atom. The number of alkyl halides is 1. The summed E-state index contributed by atoms with van der Waals surface area (Å²) in [6.45, 7) is 0.793. The quantitative estimate of drug-likeness (QED) is 0.344. The van der Waals surface area contributed by atoms with Crippen molar-refractivity contribution in [3.8, 4) is 0 Å². The van der Waals surface area contributed by atoms with Crippen LogP contribution in [0.15, 0.2) is 5.11 Å². The van der Waals surface area contributed by atoms with Gasteiger partial charge in [-0.25, -0.2) is 4.39 Å². The molecule has 0 aliphatic carbocycles. The standard InChI is InChI=1S/C6H10FN3O/c7-6(5-9-10-8)1-3-11-4-2-6/h1-5H2. The van der Waals surface area contributed by atoms with Gasteiger partial charge < -0.3 is 4.74 Å². The molecule has 0 atom stereocenters. The molecule has 0 radical (unpaired) electrons. The lowest BCUT2D eigenvalue weighted by atomic mass is 9.97. The van der Waals surface area contributed by atoms with Gasteiger partial charge >= 0.3 is 0 Å². The first-order valence-corrected chi connectivity index (χ1v) is 3.54. The monoisotopic (exact) mass is 159 g/mol. The van der Waals surface area contributed by atoms with E-state index in [0.717, 1.165) is 0 Å². The van der Waals surface area contributed by atoms with Crippen LogP contribution in [0.5, 0.6) is 0 Å². The van der Waals surface area contributed by atoms with Gasteiger partial charge in [0, 0.05) is 31.0 Å². The van der Waals surface area contributed by atoms with Gasteiger partial charge in [-0.05, 0) is 5.53 Å². The molecule has 0 unspecified atom stereocenters. The van der Waals surface area contributed by atoms with Crippen molar-refractivity contribution in [1.82, 2.24) is 0 Å². The topological polar surface area (TPSA) is 58.0 Å². The van der Waals surface area contributed by atoms with Gasteiger partial charge in [-0.2, -0.15) is 0 Å². The molecular weight excluding hydrogens is 149 g/mol. The van der Waals surface area contributed by atoms with Gasteiger partial charge in [0.1, 0.15) is 5.67 Å². The first kappa shape index (κ1) is 8.30. The zero-order valence-corrected chi connectivity index (χ0v) is 6.16. The first-order valence-electron chi connectivity index (χ1n) is 3.54. The van der Waals surface area contributed by atoms with Gasteiger partial charge in [-0.3, -0.25) is 0 Å². The Labute approximate surface area is 64.0 Å². The van der Waals surface area contributed by atoms with Gasteiger partial charge in [0.15, 0.2) is 0 Å². The molecule has 0 aromatic heterocycles. The summed E-state index contributed by atoms with van der Waals surface area (Å²) in [7, 11) is 0. The Kier molecular flexibility index (Phi) is 2.68. The summed E-state index contributed by atoms with van der Waals surface area (Å²) < 4.78 is 18.4. The van der Waals surface area contributed by atoms with Crippen LogP contribution in [0.2, 0.25) is 0 Å². The zero-order chi connectivity index (χ0) is 8.16. The molecule has 1 fully saturated rings. The number of hydrogen-bond acceptors (Lipinski definition) is 2. The highest BCUT2D eigenvalue weighted by atomic mass is 19.1. The van der Waals surface area contributed by atoms with Crippen molar-refractivity contribution in [2.45, 2.75) is 18.5 Å². The molecule has 62 valence electrons. The Bertz CT molecular complexity index is 173. The molecule has 0 N–H and O–H groups in total. The SMILES string of the molecule is [N-]=[N+]=NCC1(F)CCOCC1. The Balaban J connectivity index is 2.42. The van der Waals surface area contributed by atoms with E-state index in [4.69, 9.17) is 10.3 Å². The lowest BCUT2D eigenvalue weighted by molar-refractivity contribution is -0.00328. The molecule has 0 aromatic rings. The fourth-order valence-electron chi connectivity index (χ4n) is 1.05. The number of hydrogen-bond donors (Lipinski definition) is 0. The van der Waals surface area contributed by atoms with E-state index in [1.54, 1.807) is 0 Å². The Hall–Kier alpha value is -0.800. The van der Waals surface area contributed by atoms with Crippen molar-refractivity contribution in [2.24, 2.45) is 5.11 Å². The van der Waals surface area contributed by atoms with E-state index in [0.29, 0.717) is 26.1 Å². The minimum absolute atomic E-state index is 0.0626. The van der Waals surface area contributed by atoms with Crippen LogP contribution in [0.4, 0.5) is 4.39 Å². The molecule has 1 aliphatic heterocycles. The minimum atomic E-state index is -1.32. The number of nitrogens with zero attached hydrogens (tertiary/aromatic N) is 3. The van der Waals surface area contributed by atoms with Gasteiger partial charge in [0.25, 0.3) is 0 Å². The van der Waals surface area contributed by atoms with E-state index < -0.39 is 5.67 Å². The van der Waals surface area contributed by atoms with Crippen LogP contribution in [0.25, 0.3) is 10.4 Å². The number of azide groups is 1. The van der Waals surface area contributed by atoms with Crippen molar-refractivity contribution in [3.05, 3.63) is 10.4 Å². The van der Waals surface area contributed by atoms with Gasteiger partial charge in [0.2, 0.25) is 0 Å². The van der Waals surface area contributed by atoms with Crippen molar-refractivity contribution < 1.29 is 9.13 Å². The third kappa shape index (κ3) is 2.37. The zero-order valence-electron chi connectivity index (χ0n) is 6.16. The first-order chi connectivity index (χ1) is 5.27. The average Bonchev–Trinajstić information content (AvgIpc) is 2.03. The summed E-state index contributed by atoms with van der Waals surface area (Å²) >= 11 is 0. The Morgan fingerprint density at radius 1 is 1.55 bits per heavy atom. The van der Waals surface area contributed by atoms with E-state index in [2.05, 4.69) is 10.0 Å². The lowest BCUT2D eigenvalue weighted by Gasteiger charge is -2.27. The summed E-state index contributed by atoms with van der Waals surface area (Å²) in [6, 6.07) is 0.